The van der Waals surface area contributed by atoms with E-state index in [0.29, 0.717) is 25.0 Å². The van der Waals surface area contributed by atoms with Crippen molar-refractivity contribution in [2.24, 2.45) is 17.8 Å². The van der Waals surface area contributed by atoms with Crippen LogP contribution in [0.4, 0.5) is 0 Å². The van der Waals surface area contributed by atoms with Crippen molar-refractivity contribution in [2.75, 3.05) is 19.7 Å². The molecule has 3 N–H and O–H groups in total. The molecule has 1 aliphatic carbocycles. The number of carbonyl (C=O) groups is 2. The number of likely N-dealkylation sites (tertiary alicyclic amines) is 2. The van der Waals surface area contributed by atoms with Crippen LogP contribution in [-0.4, -0.2) is 68.8 Å². The van der Waals surface area contributed by atoms with E-state index in [1.54, 1.807) is 0 Å². The summed E-state index contributed by atoms with van der Waals surface area (Å²) in [4.78, 5) is 31.6. The topological polar surface area (TPSA) is 101 Å². The number of piperidine rings is 1. The predicted molar refractivity (Wildman–Crippen MR) is 177 cm³/mol. The third-order valence-electron chi connectivity index (χ3n) is 10.3. The van der Waals surface area contributed by atoms with Gasteiger partial charge in [0.25, 0.3) is 0 Å². The second kappa shape index (κ2) is 14.4. The van der Waals surface area contributed by atoms with E-state index < -0.39 is 23.9 Å². The van der Waals surface area contributed by atoms with Gasteiger partial charge in [-0.2, -0.15) is 0 Å². The number of aliphatic hydroxyl groups is 2. The molecular weight excluding hydrogens is 564 g/mol. The third-order valence-corrected chi connectivity index (χ3v) is 10.3. The Hall–Kier alpha value is -3.26. The molecule has 2 heterocycles. The van der Waals surface area contributed by atoms with Gasteiger partial charge in [-0.15, -0.1) is 0 Å². The summed E-state index contributed by atoms with van der Waals surface area (Å²) in [5.74, 6) is -1.60. The fraction of sp³-hybridized carbons (Fsp3) is 0.526. The molecule has 7 nitrogen and oxygen atoms in total. The smallest absolute Gasteiger partial charge is 0.234 e. The Bertz CT molecular complexity index is 1420. The molecule has 0 bridgehead atoms. The van der Waals surface area contributed by atoms with Crippen molar-refractivity contribution < 1.29 is 24.9 Å². The van der Waals surface area contributed by atoms with Crippen molar-refractivity contribution in [1.82, 2.24) is 9.80 Å². The second-order valence-corrected chi connectivity index (χ2v) is 13.5. The molecule has 2 amide bonds. The Morgan fingerprint density at radius 3 is 2.29 bits per heavy atom. The van der Waals surface area contributed by atoms with Gasteiger partial charge in [0.1, 0.15) is 5.75 Å². The van der Waals surface area contributed by atoms with Gasteiger partial charge >= 0.3 is 0 Å². The van der Waals surface area contributed by atoms with Crippen LogP contribution in [0.25, 0.3) is 6.08 Å². The standard InChI is InChI=1S/C38H50N2O5/c1-5-9-27(21-29-18-25(3)36(43)26(4)19-29)12-13-33(42)34-24(2)20-31-35(32(34)23-41)38(45)40(37(31)44)30-14-16-39(17-15-30)22-28-10-7-6-8-11-28/h6-8,10-11,18-19,21,30-33,35,41-43H,5,9,12-17,20,22-23H2,1-4H3/b27-21+/t31-,32+,33-,35-/m1/s1. The lowest BCUT2D eigenvalue weighted by molar-refractivity contribution is -0.144. The van der Waals surface area contributed by atoms with E-state index in [9.17, 15) is 24.9 Å². The maximum Gasteiger partial charge on any atom is 0.234 e. The van der Waals surface area contributed by atoms with E-state index in [4.69, 9.17) is 0 Å². The quantitative estimate of drug-likeness (QED) is 0.214. The van der Waals surface area contributed by atoms with E-state index in [-0.39, 0.29) is 24.5 Å². The average Bonchev–Trinajstić information content (AvgIpc) is 3.27. The number of phenols is 1. The number of allylic oxidation sites excluding steroid dienone is 2. The second-order valence-electron chi connectivity index (χ2n) is 13.5. The maximum absolute atomic E-state index is 13.9. The molecule has 0 unspecified atom stereocenters. The third kappa shape index (κ3) is 7.11. The zero-order chi connectivity index (χ0) is 32.2. The summed E-state index contributed by atoms with van der Waals surface area (Å²) < 4.78 is 0. The van der Waals surface area contributed by atoms with Gasteiger partial charge < -0.3 is 15.3 Å². The summed E-state index contributed by atoms with van der Waals surface area (Å²) >= 11 is 0. The van der Waals surface area contributed by atoms with Crippen LogP contribution in [0.3, 0.4) is 0 Å². The number of aryl methyl sites for hydroxylation is 2. The van der Waals surface area contributed by atoms with Crippen LogP contribution in [0.2, 0.25) is 0 Å². The number of phenolic OH excluding ortho intramolecular Hbond substituents is 1. The molecular formula is C38H50N2O5. The number of hydrogen-bond acceptors (Lipinski definition) is 6. The molecule has 0 spiro atoms. The van der Waals surface area contributed by atoms with Crippen molar-refractivity contribution in [1.29, 1.82) is 0 Å². The zero-order valence-corrected chi connectivity index (χ0v) is 27.3. The number of nitrogens with zero attached hydrogens (tertiary/aromatic N) is 2. The van der Waals surface area contributed by atoms with Gasteiger partial charge in [0.05, 0.1) is 24.5 Å². The van der Waals surface area contributed by atoms with Crippen LogP contribution in [0.5, 0.6) is 5.75 Å². The van der Waals surface area contributed by atoms with Crippen LogP contribution in [0.1, 0.15) is 81.0 Å². The lowest BCUT2D eigenvalue weighted by Crippen LogP contribution is -2.47. The minimum Gasteiger partial charge on any atom is -0.507 e. The molecule has 0 aromatic heterocycles. The SMILES string of the molecule is CCC/C(=C\c1cc(C)c(O)c(C)c1)CC[C@@H](O)C1=C(C)C[C@H]2C(=O)N(C3CCN(Cc4ccccc4)CC3)C(=O)[C@H]2[C@H]1CO. The Kier molecular flexibility index (Phi) is 10.6. The van der Waals surface area contributed by atoms with Crippen LogP contribution < -0.4 is 0 Å². The molecule has 2 aromatic carbocycles. The lowest BCUT2D eigenvalue weighted by atomic mass is 9.68. The number of benzene rings is 2. The molecule has 2 aromatic rings. The number of aromatic hydroxyl groups is 1. The minimum absolute atomic E-state index is 0.106. The molecule has 0 saturated carbocycles. The first kappa shape index (κ1) is 33.1. The Labute approximate surface area is 268 Å². The fourth-order valence-electron chi connectivity index (χ4n) is 8.06. The zero-order valence-electron chi connectivity index (χ0n) is 27.3. The van der Waals surface area contributed by atoms with E-state index >= 15 is 0 Å². The van der Waals surface area contributed by atoms with Crippen molar-refractivity contribution in [2.45, 2.75) is 91.3 Å². The van der Waals surface area contributed by atoms with Gasteiger partial charge in [-0.1, -0.05) is 60.9 Å². The van der Waals surface area contributed by atoms with Gasteiger partial charge in [0.15, 0.2) is 0 Å². The Balaban J connectivity index is 1.26. The van der Waals surface area contributed by atoms with Crippen LogP contribution in [-0.2, 0) is 16.1 Å². The van der Waals surface area contributed by atoms with Crippen LogP contribution in [0, 0.1) is 31.6 Å². The van der Waals surface area contributed by atoms with E-state index in [1.807, 2.05) is 51.1 Å². The molecule has 2 fully saturated rings. The summed E-state index contributed by atoms with van der Waals surface area (Å²) in [5.41, 5.74) is 6.85. The number of rotatable bonds is 11. The molecule has 2 saturated heterocycles. The summed E-state index contributed by atoms with van der Waals surface area (Å²) in [6, 6.07) is 14.2. The highest BCUT2D eigenvalue weighted by molar-refractivity contribution is 6.06. The average molecular weight is 615 g/mol. The number of fused-ring (bicyclic) bond motifs is 1. The van der Waals surface area contributed by atoms with Gasteiger partial charge in [-0.05, 0) is 99.3 Å². The van der Waals surface area contributed by atoms with Crippen LogP contribution >= 0.6 is 0 Å². The number of hydrogen-bond donors (Lipinski definition) is 3. The van der Waals surface area contributed by atoms with Gasteiger partial charge in [0, 0.05) is 31.6 Å². The van der Waals surface area contributed by atoms with Crippen molar-refractivity contribution in [3.8, 4) is 5.75 Å². The highest BCUT2D eigenvalue weighted by Gasteiger charge is 2.56. The first-order valence-corrected chi connectivity index (χ1v) is 16.7. The lowest BCUT2D eigenvalue weighted by Gasteiger charge is -2.36. The van der Waals surface area contributed by atoms with Crippen molar-refractivity contribution >= 4 is 17.9 Å². The molecule has 7 heteroatoms. The number of imide groups is 1. The summed E-state index contributed by atoms with van der Waals surface area (Å²) in [6.07, 6.45) is 6.33. The normalized spacial score (nSPS) is 24.0. The van der Waals surface area contributed by atoms with Gasteiger partial charge in [0.2, 0.25) is 11.8 Å². The number of carbonyl (C=O) groups excluding carboxylic acids is 2. The monoisotopic (exact) mass is 614 g/mol. The fourth-order valence-corrected chi connectivity index (χ4v) is 8.06. The van der Waals surface area contributed by atoms with Crippen molar-refractivity contribution in [3.63, 3.8) is 0 Å². The summed E-state index contributed by atoms with van der Waals surface area (Å²) in [6.45, 7) is 10.1. The molecule has 2 aliphatic heterocycles. The predicted octanol–water partition coefficient (Wildman–Crippen LogP) is 5.93. The van der Waals surface area contributed by atoms with Gasteiger partial charge in [-0.3, -0.25) is 19.4 Å². The van der Waals surface area contributed by atoms with E-state index in [0.717, 1.165) is 73.2 Å². The molecule has 3 aliphatic rings. The molecule has 5 rings (SSSR count). The molecule has 0 radical (unpaired) electrons. The van der Waals surface area contributed by atoms with E-state index in [2.05, 4.69) is 30.0 Å². The summed E-state index contributed by atoms with van der Waals surface area (Å²) in [7, 11) is 0. The van der Waals surface area contributed by atoms with E-state index in [1.165, 1.54) is 16.0 Å². The Morgan fingerprint density at radius 2 is 1.67 bits per heavy atom. The number of aliphatic hydroxyl groups excluding tert-OH is 2. The Morgan fingerprint density at radius 1 is 1.00 bits per heavy atom. The molecule has 242 valence electrons. The maximum atomic E-state index is 13.9. The largest absolute Gasteiger partial charge is 0.507 e. The minimum atomic E-state index is -0.801. The first-order valence-electron chi connectivity index (χ1n) is 16.7. The van der Waals surface area contributed by atoms with Crippen LogP contribution in [0.15, 0.2) is 59.2 Å². The summed E-state index contributed by atoms with van der Waals surface area (Å²) in [5, 5.41) is 32.3. The molecule has 4 atom stereocenters. The number of amides is 2. The highest BCUT2D eigenvalue weighted by atomic mass is 16.3. The highest BCUT2D eigenvalue weighted by Crippen LogP contribution is 2.47. The van der Waals surface area contributed by atoms with Gasteiger partial charge in [-0.25, -0.2) is 0 Å². The molecule has 45 heavy (non-hydrogen) atoms. The first-order chi connectivity index (χ1) is 21.6. The van der Waals surface area contributed by atoms with Crippen molar-refractivity contribution in [3.05, 3.63) is 81.4 Å².